The average Bonchev–Trinajstić information content (AvgIpc) is 2.37. The van der Waals surface area contributed by atoms with Crippen molar-refractivity contribution in [1.82, 2.24) is 9.88 Å². The fourth-order valence-corrected chi connectivity index (χ4v) is 2.66. The molecule has 106 valence electrons. The summed E-state index contributed by atoms with van der Waals surface area (Å²) in [5.74, 6) is 0.744. The summed E-state index contributed by atoms with van der Waals surface area (Å²) >= 11 is 9.62. The Labute approximate surface area is 131 Å². The van der Waals surface area contributed by atoms with Crippen molar-refractivity contribution in [2.45, 2.75) is 0 Å². The third-order valence-electron chi connectivity index (χ3n) is 2.96. The van der Waals surface area contributed by atoms with E-state index in [0.717, 1.165) is 21.2 Å². The van der Waals surface area contributed by atoms with E-state index in [9.17, 15) is 4.79 Å². The molecule has 0 saturated carbocycles. The van der Waals surface area contributed by atoms with E-state index in [1.807, 2.05) is 31.3 Å². The first-order valence-electron chi connectivity index (χ1n) is 6.05. The van der Waals surface area contributed by atoms with Crippen molar-refractivity contribution in [1.29, 1.82) is 0 Å². The number of halogens is 2. The molecule has 0 bridgehead atoms. The van der Waals surface area contributed by atoms with Crippen molar-refractivity contribution in [2.24, 2.45) is 0 Å². The summed E-state index contributed by atoms with van der Waals surface area (Å²) in [5.41, 5.74) is 0.733. The van der Waals surface area contributed by atoms with Gasteiger partial charge in [-0.1, -0.05) is 27.5 Å². The van der Waals surface area contributed by atoms with Crippen LogP contribution >= 0.6 is 27.5 Å². The van der Waals surface area contributed by atoms with Crippen molar-refractivity contribution < 1.29 is 4.79 Å². The topological polar surface area (TPSA) is 36.4 Å². The zero-order valence-electron chi connectivity index (χ0n) is 11.5. The number of carbonyl (C=O) groups is 1. The van der Waals surface area contributed by atoms with Crippen LogP contribution in [-0.2, 0) is 4.79 Å². The molecule has 1 amide bonds. The van der Waals surface area contributed by atoms with Crippen LogP contribution in [0.1, 0.15) is 0 Å². The molecule has 1 aromatic heterocycles. The number of fused-ring (bicyclic) bond motifs is 1. The zero-order valence-corrected chi connectivity index (χ0v) is 13.9. The van der Waals surface area contributed by atoms with E-state index < -0.39 is 0 Å². The fraction of sp³-hybridized carbons (Fsp3) is 0.286. The van der Waals surface area contributed by atoms with Gasteiger partial charge in [0.25, 0.3) is 0 Å². The molecule has 0 aliphatic carbocycles. The molecule has 0 aliphatic rings. The number of pyridine rings is 1. The Balaban J connectivity index is 2.34. The summed E-state index contributed by atoms with van der Waals surface area (Å²) in [4.78, 5) is 19.6. The Bertz CT molecular complexity index is 660. The summed E-state index contributed by atoms with van der Waals surface area (Å²) < 4.78 is 0.917. The van der Waals surface area contributed by atoms with Crippen LogP contribution in [0.4, 0.5) is 5.82 Å². The van der Waals surface area contributed by atoms with E-state index in [4.69, 9.17) is 11.6 Å². The monoisotopic (exact) mass is 355 g/mol. The molecule has 4 nitrogen and oxygen atoms in total. The molecule has 0 unspecified atom stereocenters. The first-order valence-corrected chi connectivity index (χ1v) is 7.22. The van der Waals surface area contributed by atoms with Gasteiger partial charge in [0, 0.05) is 31.0 Å². The van der Waals surface area contributed by atoms with Gasteiger partial charge in [-0.25, -0.2) is 4.98 Å². The van der Waals surface area contributed by atoms with Gasteiger partial charge in [0.05, 0.1) is 17.1 Å². The number of carbonyl (C=O) groups excluding carboxylic acids is 1. The van der Waals surface area contributed by atoms with Crippen molar-refractivity contribution in [3.63, 3.8) is 0 Å². The molecule has 0 radical (unpaired) electrons. The summed E-state index contributed by atoms with van der Waals surface area (Å²) in [6, 6.07) is 7.60. The van der Waals surface area contributed by atoms with E-state index in [1.54, 1.807) is 23.9 Å². The van der Waals surface area contributed by atoms with Gasteiger partial charge in [0.15, 0.2) is 0 Å². The van der Waals surface area contributed by atoms with Crippen molar-refractivity contribution in [2.75, 3.05) is 32.6 Å². The van der Waals surface area contributed by atoms with Crippen molar-refractivity contribution >= 4 is 50.2 Å². The van der Waals surface area contributed by atoms with Crippen LogP contribution in [0.5, 0.6) is 0 Å². The Morgan fingerprint density at radius 3 is 2.65 bits per heavy atom. The predicted molar refractivity (Wildman–Crippen MR) is 86.4 cm³/mol. The van der Waals surface area contributed by atoms with Crippen LogP contribution in [-0.4, -0.2) is 43.5 Å². The minimum Gasteiger partial charge on any atom is -0.350 e. The standard InChI is InChI=1S/C14H15BrClN3O/c1-18(2)13(20)8-19(3)12-5-4-9-6-10(15)7-11(16)14(9)17-12/h4-7H,8H2,1-3H3. The van der Waals surface area contributed by atoms with Gasteiger partial charge in [-0.15, -0.1) is 0 Å². The molecular weight excluding hydrogens is 342 g/mol. The second-order valence-corrected chi connectivity index (χ2v) is 6.10. The van der Waals surface area contributed by atoms with Crippen LogP contribution in [0, 0.1) is 0 Å². The lowest BCUT2D eigenvalue weighted by Crippen LogP contribution is -2.34. The van der Waals surface area contributed by atoms with Crippen LogP contribution in [0.3, 0.4) is 0 Å². The third-order valence-corrected chi connectivity index (χ3v) is 3.70. The first-order chi connectivity index (χ1) is 9.38. The van der Waals surface area contributed by atoms with Crippen molar-refractivity contribution in [3.05, 3.63) is 33.8 Å². The average molecular weight is 357 g/mol. The van der Waals surface area contributed by atoms with Crippen LogP contribution in [0.15, 0.2) is 28.7 Å². The van der Waals surface area contributed by atoms with Gasteiger partial charge in [0.2, 0.25) is 5.91 Å². The maximum absolute atomic E-state index is 11.7. The molecule has 2 rings (SSSR count). The zero-order chi connectivity index (χ0) is 14.9. The number of aromatic nitrogens is 1. The molecule has 2 aromatic rings. The highest BCUT2D eigenvalue weighted by Crippen LogP contribution is 2.28. The van der Waals surface area contributed by atoms with Crippen LogP contribution in [0.25, 0.3) is 10.9 Å². The summed E-state index contributed by atoms with van der Waals surface area (Å²) in [5, 5.41) is 1.55. The second kappa shape index (κ2) is 5.97. The van der Waals surface area contributed by atoms with E-state index >= 15 is 0 Å². The SMILES string of the molecule is CN(C)C(=O)CN(C)c1ccc2cc(Br)cc(Cl)c2n1. The molecule has 0 spiro atoms. The smallest absolute Gasteiger partial charge is 0.241 e. The molecule has 20 heavy (non-hydrogen) atoms. The highest BCUT2D eigenvalue weighted by molar-refractivity contribution is 9.10. The number of anilines is 1. The number of hydrogen-bond donors (Lipinski definition) is 0. The number of nitrogens with zero attached hydrogens (tertiary/aromatic N) is 3. The Kier molecular flexibility index (Phi) is 4.50. The number of amides is 1. The van der Waals surface area contributed by atoms with Gasteiger partial charge in [-0.2, -0.15) is 0 Å². The lowest BCUT2D eigenvalue weighted by molar-refractivity contribution is -0.127. The Morgan fingerprint density at radius 2 is 2.00 bits per heavy atom. The van der Waals surface area contributed by atoms with E-state index in [1.165, 1.54) is 0 Å². The summed E-state index contributed by atoms with van der Waals surface area (Å²) in [6.45, 7) is 0.277. The maximum Gasteiger partial charge on any atom is 0.241 e. The van der Waals surface area contributed by atoms with Crippen LogP contribution < -0.4 is 4.90 Å². The lowest BCUT2D eigenvalue weighted by Gasteiger charge is -2.20. The quantitative estimate of drug-likeness (QED) is 0.847. The summed E-state index contributed by atoms with van der Waals surface area (Å²) in [6.07, 6.45) is 0. The fourth-order valence-electron chi connectivity index (χ4n) is 1.78. The van der Waals surface area contributed by atoms with Gasteiger partial charge in [-0.3, -0.25) is 4.79 Å². The third kappa shape index (κ3) is 3.22. The Morgan fingerprint density at radius 1 is 1.30 bits per heavy atom. The molecule has 1 aromatic carbocycles. The van der Waals surface area contributed by atoms with Gasteiger partial charge >= 0.3 is 0 Å². The number of likely N-dealkylation sites (N-methyl/N-ethyl adjacent to an activating group) is 2. The number of benzene rings is 1. The predicted octanol–water partition coefficient (Wildman–Crippen LogP) is 3.18. The molecular formula is C14H15BrClN3O. The van der Waals surface area contributed by atoms with Gasteiger partial charge in [0.1, 0.15) is 5.82 Å². The highest BCUT2D eigenvalue weighted by Gasteiger charge is 2.11. The largest absolute Gasteiger partial charge is 0.350 e. The number of hydrogen-bond acceptors (Lipinski definition) is 3. The summed E-state index contributed by atoms with van der Waals surface area (Å²) in [7, 11) is 5.30. The highest BCUT2D eigenvalue weighted by atomic mass is 79.9. The molecule has 1 heterocycles. The molecule has 0 N–H and O–H groups in total. The van der Waals surface area contributed by atoms with Gasteiger partial charge < -0.3 is 9.80 Å². The molecule has 0 fully saturated rings. The number of rotatable bonds is 3. The lowest BCUT2D eigenvalue weighted by atomic mass is 10.2. The van der Waals surface area contributed by atoms with Crippen molar-refractivity contribution in [3.8, 4) is 0 Å². The molecule has 0 saturated heterocycles. The maximum atomic E-state index is 11.7. The van der Waals surface area contributed by atoms with E-state index in [2.05, 4.69) is 20.9 Å². The second-order valence-electron chi connectivity index (χ2n) is 4.77. The molecule has 6 heteroatoms. The molecule has 0 atom stereocenters. The normalized spacial score (nSPS) is 10.7. The Hall–Kier alpha value is -1.33. The molecule has 0 aliphatic heterocycles. The van der Waals surface area contributed by atoms with Gasteiger partial charge in [-0.05, 0) is 24.3 Å². The first kappa shape index (κ1) is 15.1. The minimum absolute atomic E-state index is 0.0244. The minimum atomic E-state index is 0.0244. The van der Waals surface area contributed by atoms with E-state index in [0.29, 0.717) is 5.02 Å². The van der Waals surface area contributed by atoms with Crippen LogP contribution in [0.2, 0.25) is 5.02 Å². The van der Waals surface area contributed by atoms with E-state index in [-0.39, 0.29) is 12.5 Å².